The third kappa shape index (κ3) is 2.17. The van der Waals surface area contributed by atoms with E-state index in [0.29, 0.717) is 28.9 Å². The van der Waals surface area contributed by atoms with E-state index in [2.05, 4.69) is 20.5 Å². The van der Waals surface area contributed by atoms with E-state index in [1.54, 1.807) is 10.9 Å². The fraction of sp³-hybridized carbons (Fsp3) is 0.385. The smallest absolute Gasteiger partial charge is 0.248 e. The molecule has 0 fully saturated rings. The van der Waals surface area contributed by atoms with Crippen molar-refractivity contribution in [2.24, 2.45) is 5.73 Å². The van der Waals surface area contributed by atoms with Crippen LogP contribution in [-0.4, -0.2) is 36.7 Å². The van der Waals surface area contributed by atoms with Gasteiger partial charge in [0.05, 0.1) is 11.3 Å². The summed E-state index contributed by atoms with van der Waals surface area (Å²) in [6.07, 6.45) is 3.61. The van der Waals surface area contributed by atoms with E-state index in [1.165, 1.54) is 11.8 Å². The number of aryl methyl sites for hydroxylation is 1. The Morgan fingerprint density at radius 1 is 1.55 bits per heavy atom. The van der Waals surface area contributed by atoms with E-state index >= 15 is 0 Å². The molecule has 1 aliphatic rings. The maximum Gasteiger partial charge on any atom is 0.248 e. The molecule has 0 spiro atoms. The second-order valence-electron chi connectivity index (χ2n) is 4.87. The van der Waals surface area contributed by atoms with Gasteiger partial charge in [-0.1, -0.05) is 11.8 Å². The number of thioether (sulfide) groups is 1. The zero-order valence-electron chi connectivity index (χ0n) is 12.6. The molecule has 22 heavy (non-hydrogen) atoms. The van der Waals surface area contributed by atoms with Crippen molar-refractivity contribution in [2.45, 2.75) is 31.6 Å². The number of nitrogens with zero attached hydrogens (tertiary/aromatic N) is 5. The summed E-state index contributed by atoms with van der Waals surface area (Å²) >= 11 is 1.44. The van der Waals surface area contributed by atoms with Crippen molar-refractivity contribution in [1.29, 1.82) is 0 Å². The van der Waals surface area contributed by atoms with Crippen LogP contribution in [0.2, 0.25) is 0 Å². The zero-order valence-corrected chi connectivity index (χ0v) is 13.4. The van der Waals surface area contributed by atoms with Crippen LogP contribution in [0.4, 0.5) is 5.95 Å². The van der Waals surface area contributed by atoms with Gasteiger partial charge in [-0.05, 0) is 26.2 Å². The lowest BCUT2D eigenvalue weighted by atomic mass is 9.99. The number of rotatable bonds is 4. The first-order chi connectivity index (χ1) is 10.6. The first-order valence-corrected chi connectivity index (χ1v) is 8.09. The molecular formula is C13H17N7OS. The predicted molar refractivity (Wildman–Crippen MR) is 83.4 cm³/mol. The highest BCUT2D eigenvalue weighted by Crippen LogP contribution is 2.35. The van der Waals surface area contributed by atoms with Crippen LogP contribution in [0, 0.1) is 0 Å². The van der Waals surface area contributed by atoms with Crippen LogP contribution < -0.4 is 11.1 Å². The average Bonchev–Trinajstić information content (AvgIpc) is 3.10. The molecule has 3 rings (SSSR count). The van der Waals surface area contributed by atoms with E-state index in [-0.39, 0.29) is 0 Å². The third-order valence-corrected chi connectivity index (χ3v) is 4.15. The summed E-state index contributed by atoms with van der Waals surface area (Å²) in [5.41, 5.74) is 7.63. The Labute approximate surface area is 131 Å². The minimum absolute atomic E-state index is 0.426. The average molecular weight is 319 g/mol. The number of hydrogen-bond acceptors (Lipinski definition) is 6. The van der Waals surface area contributed by atoms with Crippen molar-refractivity contribution in [3.8, 4) is 0 Å². The maximum absolute atomic E-state index is 12.0. The van der Waals surface area contributed by atoms with Crippen LogP contribution in [0.15, 0.2) is 28.7 Å². The Balaban J connectivity index is 2.22. The van der Waals surface area contributed by atoms with Gasteiger partial charge in [0.2, 0.25) is 17.0 Å². The molecule has 0 saturated carbocycles. The van der Waals surface area contributed by atoms with Gasteiger partial charge in [0.25, 0.3) is 0 Å². The lowest BCUT2D eigenvalue weighted by Gasteiger charge is -2.27. The molecule has 1 amide bonds. The normalized spacial score (nSPS) is 17.3. The maximum atomic E-state index is 12.0. The molecule has 1 atom stereocenters. The van der Waals surface area contributed by atoms with Gasteiger partial charge in [0.1, 0.15) is 6.04 Å². The number of amides is 1. The van der Waals surface area contributed by atoms with Gasteiger partial charge in [0.15, 0.2) is 0 Å². The molecule has 3 heterocycles. The van der Waals surface area contributed by atoms with Gasteiger partial charge < -0.3 is 11.1 Å². The highest BCUT2D eigenvalue weighted by atomic mass is 32.2. The summed E-state index contributed by atoms with van der Waals surface area (Å²) in [6, 6.07) is 1.45. The van der Waals surface area contributed by atoms with Crippen LogP contribution in [0.3, 0.4) is 0 Å². The van der Waals surface area contributed by atoms with E-state index in [4.69, 9.17) is 5.73 Å². The number of fused-ring (bicyclic) bond motifs is 1. The molecule has 0 radical (unpaired) electrons. The number of carbonyl (C=O) groups is 1. The second kappa shape index (κ2) is 5.48. The number of primary amides is 1. The minimum Gasteiger partial charge on any atom is -0.366 e. The molecular weight excluding hydrogens is 302 g/mol. The lowest BCUT2D eigenvalue weighted by molar-refractivity contribution is -0.115. The van der Waals surface area contributed by atoms with E-state index in [9.17, 15) is 4.79 Å². The fourth-order valence-corrected chi connectivity index (χ4v) is 3.00. The van der Waals surface area contributed by atoms with Crippen LogP contribution in [0.1, 0.15) is 25.6 Å². The SMILES string of the molecule is CCn1nccc1C1C(C(N)=O)=C(C)Nc2nc(SC)nn21. The van der Waals surface area contributed by atoms with Crippen molar-refractivity contribution in [3.05, 3.63) is 29.2 Å². The first kappa shape index (κ1) is 14.6. The van der Waals surface area contributed by atoms with Gasteiger partial charge in [-0.15, -0.1) is 5.10 Å². The van der Waals surface area contributed by atoms with Crippen LogP contribution in [0.25, 0.3) is 0 Å². The van der Waals surface area contributed by atoms with E-state index in [1.807, 2.05) is 30.9 Å². The highest BCUT2D eigenvalue weighted by molar-refractivity contribution is 7.98. The summed E-state index contributed by atoms with van der Waals surface area (Å²) in [6.45, 7) is 4.50. The molecule has 9 heteroatoms. The Morgan fingerprint density at radius 2 is 2.32 bits per heavy atom. The molecule has 1 aliphatic heterocycles. The summed E-state index contributed by atoms with van der Waals surface area (Å²) in [5, 5.41) is 12.5. The Morgan fingerprint density at radius 3 is 2.95 bits per heavy atom. The summed E-state index contributed by atoms with van der Waals surface area (Å²) in [7, 11) is 0. The van der Waals surface area contributed by atoms with E-state index < -0.39 is 11.9 Å². The van der Waals surface area contributed by atoms with Gasteiger partial charge in [-0.25, -0.2) is 4.68 Å². The molecule has 2 aromatic rings. The Kier molecular flexibility index (Phi) is 3.65. The van der Waals surface area contributed by atoms with Crippen LogP contribution in [0.5, 0.6) is 0 Å². The molecule has 2 aromatic heterocycles. The molecule has 8 nitrogen and oxygen atoms in total. The number of carbonyl (C=O) groups excluding carboxylic acids is 1. The largest absolute Gasteiger partial charge is 0.366 e. The molecule has 1 unspecified atom stereocenters. The van der Waals surface area contributed by atoms with Crippen LogP contribution >= 0.6 is 11.8 Å². The van der Waals surface area contributed by atoms with Gasteiger partial charge in [0, 0.05) is 18.4 Å². The monoisotopic (exact) mass is 319 g/mol. The molecule has 3 N–H and O–H groups in total. The topological polar surface area (TPSA) is 104 Å². The number of hydrogen-bond donors (Lipinski definition) is 2. The predicted octanol–water partition coefficient (Wildman–Crippen LogP) is 0.991. The summed E-state index contributed by atoms with van der Waals surface area (Å²) in [5.74, 6) is 0.117. The number of allylic oxidation sites excluding steroid dienone is 1. The lowest BCUT2D eigenvalue weighted by Crippen LogP contribution is -2.33. The van der Waals surface area contributed by atoms with Crippen LogP contribution in [-0.2, 0) is 11.3 Å². The zero-order chi connectivity index (χ0) is 15.9. The Bertz CT molecular complexity index is 760. The number of nitrogens with one attached hydrogen (secondary N) is 1. The van der Waals surface area contributed by atoms with Crippen molar-refractivity contribution >= 4 is 23.6 Å². The first-order valence-electron chi connectivity index (χ1n) is 6.86. The number of nitrogens with two attached hydrogens (primary N) is 1. The third-order valence-electron chi connectivity index (χ3n) is 3.61. The van der Waals surface area contributed by atoms with Crippen molar-refractivity contribution < 1.29 is 4.79 Å². The van der Waals surface area contributed by atoms with Crippen molar-refractivity contribution in [3.63, 3.8) is 0 Å². The second-order valence-corrected chi connectivity index (χ2v) is 5.64. The standard InChI is InChI=1S/C13H17N7OS/c1-4-19-8(5-6-15-19)10-9(11(14)21)7(2)16-12-17-13(22-3)18-20(10)12/h5-6,10H,4H2,1-3H3,(H2,14,21)(H,16,17,18). The molecule has 0 bridgehead atoms. The van der Waals surface area contributed by atoms with Gasteiger partial charge in [-0.2, -0.15) is 10.1 Å². The summed E-state index contributed by atoms with van der Waals surface area (Å²) in [4.78, 5) is 16.4. The number of aromatic nitrogens is 5. The van der Waals surface area contributed by atoms with E-state index in [0.717, 1.165) is 5.69 Å². The quantitative estimate of drug-likeness (QED) is 0.815. The summed E-state index contributed by atoms with van der Waals surface area (Å²) < 4.78 is 3.53. The molecule has 0 aromatic carbocycles. The van der Waals surface area contributed by atoms with Gasteiger partial charge in [-0.3, -0.25) is 9.48 Å². The van der Waals surface area contributed by atoms with Crippen molar-refractivity contribution in [1.82, 2.24) is 24.5 Å². The minimum atomic E-state index is -0.481. The molecule has 116 valence electrons. The van der Waals surface area contributed by atoms with Gasteiger partial charge >= 0.3 is 0 Å². The number of anilines is 1. The highest BCUT2D eigenvalue weighted by Gasteiger charge is 2.34. The Hall–Kier alpha value is -2.29. The fourth-order valence-electron chi connectivity index (χ4n) is 2.65. The molecule has 0 aliphatic carbocycles. The van der Waals surface area contributed by atoms with Crippen molar-refractivity contribution in [2.75, 3.05) is 11.6 Å². The molecule has 0 saturated heterocycles.